The van der Waals surface area contributed by atoms with Crippen molar-refractivity contribution in [3.8, 4) is 11.3 Å². The number of hydrogen-bond acceptors (Lipinski definition) is 2. The maximum absolute atomic E-state index is 12.6. The summed E-state index contributed by atoms with van der Waals surface area (Å²) < 4.78 is 1.78. The van der Waals surface area contributed by atoms with Gasteiger partial charge in [0, 0.05) is 10.9 Å². The Kier molecular flexibility index (Phi) is 4.71. The predicted molar refractivity (Wildman–Crippen MR) is 108 cm³/mol. The number of aromatic nitrogens is 2. The zero-order valence-corrected chi connectivity index (χ0v) is 15.2. The first-order valence-electron chi connectivity index (χ1n) is 9.07. The van der Waals surface area contributed by atoms with Crippen molar-refractivity contribution in [3.63, 3.8) is 0 Å². The van der Waals surface area contributed by atoms with Crippen molar-refractivity contribution in [2.75, 3.05) is 0 Å². The van der Waals surface area contributed by atoms with Crippen LogP contribution in [0.5, 0.6) is 0 Å². The van der Waals surface area contributed by atoms with E-state index in [1.807, 2.05) is 91.9 Å². The second-order valence-electron chi connectivity index (χ2n) is 6.59. The van der Waals surface area contributed by atoms with E-state index in [2.05, 4.69) is 5.32 Å². The average Bonchev–Trinajstić information content (AvgIpc) is 3.08. The van der Waals surface area contributed by atoms with E-state index in [1.54, 1.807) is 4.68 Å². The average molecular weight is 355 g/mol. The van der Waals surface area contributed by atoms with E-state index >= 15 is 0 Å². The Hall–Kier alpha value is -3.40. The molecule has 1 amide bonds. The first-order valence-corrected chi connectivity index (χ1v) is 9.07. The van der Waals surface area contributed by atoms with Crippen LogP contribution < -0.4 is 5.32 Å². The van der Waals surface area contributed by atoms with Crippen LogP contribution in [0.25, 0.3) is 22.2 Å². The number of amides is 1. The van der Waals surface area contributed by atoms with Crippen molar-refractivity contribution < 1.29 is 4.79 Å². The largest absolute Gasteiger partial charge is 0.348 e. The molecule has 0 unspecified atom stereocenters. The SMILES string of the molecule is C[C@H](NC(=O)Cn1nc(-c2ccccc2)c2ccccc21)c1ccccc1. The van der Waals surface area contributed by atoms with Gasteiger partial charge in [-0.05, 0) is 18.6 Å². The molecule has 134 valence electrons. The summed E-state index contributed by atoms with van der Waals surface area (Å²) in [6.45, 7) is 2.17. The molecule has 1 aromatic heterocycles. The zero-order valence-electron chi connectivity index (χ0n) is 15.2. The highest BCUT2D eigenvalue weighted by molar-refractivity contribution is 5.94. The minimum absolute atomic E-state index is 0.0471. The van der Waals surface area contributed by atoms with Gasteiger partial charge in [-0.2, -0.15) is 5.10 Å². The first kappa shape index (κ1) is 17.0. The molecule has 4 rings (SSSR count). The smallest absolute Gasteiger partial charge is 0.242 e. The molecule has 27 heavy (non-hydrogen) atoms. The molecule has 4 nitrogen and oxygen atoms in total. The number of hydrogen-bond donors (Lipinski definition) is 1. The molecule has 0 aliphatic carbocycles. The van der Waals surface area contributed by atoms with Crippen LogP contribution in [0.15, 0.2) is 84.9 Å². The Balaban J connectivity index is 1.60. The fourth-order valence-corrected chi connectivity index (χ4v) is 3.31. The number of carbonyl (C=O) groups is 1. The Morgan fingerprint density at radius 2 is 1.56 bits per heavy atom. The highest BCUT2D eigenvalue weighted by Gasteiger charge is 2.15. The summed E-state index contributed by atoms with van der Waals surface area (Å²) in [6.07, 6.45) is 0. The number of nitrogens with one attached hydrogen (secondary N) is 1. The van der Waals surface area contributed by atoms with Crippen LogP contribution in [0.4, 0.5) is 0 Å². The number of nitrogens with zero attached hydrogens (tertiary/aromatic N) is 2. The highest BCUT2D eigenvalue weighted by Crippen LogP contribution is 2.27. The maximum Gasteiger partial charge on any atom is 0.242 e. The molecule has 3 aromatic carbocycles. The van der Waals surface area contributed by atoms with Crippen molar-refractivity contribution in [2.24, 2.45) is 0 Å². The molecule has 0 aliphatic heterocycles. The van der Waals surface area contributed by atoms with Crippen LogP contribution in [-0.2, 0) is 11.3 Å². The van der Waals surface area contributed by atoms with Crippen LogP contribution in [0.2, 0.25) is 0 Å². The van der Waals surface area contributed by atoms with Crippen molar-refractivity contribution in [3.05, 3.63) is 90.5 Å². The van der Waals surface area contributed by atoms with E-state index < -0.39 is 0 Å². The number of fused-ring (bicyclic) bond motifs is 1. The lowest BCUT2D eigenvalue weighted by atomic mass is 10.1. The third kappa shape index (κ3) is 3.60. The summed E-state index contributed by atoms with van der Waals surface area (Å²) in [4.78, 5) is 12.6. The summed E-state index contributed by atoms with van der Waals surface area (Å²) in [5, 5.41) is 8.84. The second kappa shape index (κ2) is 7.46. The van der Waals surface area contributed by atoms with Crippen molar-refractivity contribution >= 4 is 16.8 Å². The van der Waals surface area contributed by atoms with E-state index in [9.17, 15) is 4.79 Å². The fraction of sp³-hybridized carbons (Fsp3) is 0.130. The fourth-order valence-electron chi connectivity index (χ4n) is 3.31. The van der Waals surface area contributed by atoms with Gasteiger partial charge in [-0.1, -0.05) is 78.9 Å². The Bertz CT molecular complexity index is 1050. The molecular weight excluding hydrogens is 334 g/mol. The lowest BCUT2D eigenvalue weighted by molar-refractivity contribution is -0.122. The third-order valence-electron chi connectivity index (χ3n) is 4.68. The summed E-state index contributed by atoms with van der Waals surface area (Å²) in [5.74, 6) is -0.0563. The molecule has 1 atom stereocenters. The van der Waals surface area contributed by atoms with Crippen molar-refractivity contribution in [1.29, 1.82) is 0 Å². The number of carbonyl (C=O) groups excluding carboxylic acids is 1. The van der Waals surface area contributed by atoms with E-state index in [0.717, 1.165) is 27.7 Å². The molecule has 0 aliphatic rings. The van der Waals surface area contributed by atoms with Gasteiger partial charge in [0.2, 0.25) is 5.91 Å². The third-order valence-corrected chi connectivity index (χ3v) is 4.68. The zero-order chi connectivity index (χ0) is 18.6. The van der Waals surface area contributed by atoms with E-state index in [1.165, 1.54) is 0 Å². The molecule has 4 heteroatoms. The van der Waals surface area contributed by atoms with Gasteiger partial charge in [-0.3, -0.25) is 9.48 Å². The van der Waals surface area contributed by atoms with Gasteiger partial charge in [-0.15, -0.1) is 0 Å². The number of rotatable bonds is 5. The van der Waals surface area contributed by atoms with Crippen molar-refractivity contribution in [2.45, 2.75) is 19.5 Å². The topological polar surface area (TPSA) is 46.9 Å². The summed E-state index contributed by atoms with van der Waals surface area (Å²) in [6, 6.07) is 28.0. The molecule has 0 radical (unpaired) electrons. The van der Waals surface area contributed by atoms with Gasteiger partial charge in [-0.25, -0.2) is 0 Å². The minimum atomic E-state index is -0.0563. The van der Waals surface area contributed by atoms with Crippen LogP contribution in [0.1, 0.15) is 18.5 Å². The lowest BCUT2D eigenvalue weighted by Gasteiger charge is -2.14. The van der Waals surface area contributed by atoms with E-state index in [0.29, 0.717) is 0 Å². The monoisotopic (exact) mass is 355 g/mol. The molecule has 0 spiro atoms. The Morgan fingerprint density at radius 1 is 0.926 bits per heavy atom. The van der Waals surface area contributed by atoms with Gasteiger partial charge in [0.25, 0.3) is 0 Å². The molecule has 0 saturated carbocycles. The quantitative estimate of drug-likeness (QED) is 0.569. The second-order valence-corrected chi connectivity index (χ2v) is 6.59. The van der Waals surface area contributed by atoms with Gasteiger partial charge >= 0.3 is 0 Å². The molecule has 0 bridgehead atoms. The van der Waals surface area contributed by atoms with Crippen LogP contribution in [0, 0.1) is 0 Å². The molecule has 1 heterocycles. The predicted octanol–water partition coefficient (Wildman–Crippen LogP) is 4.58. The van der Waals surface area contributed by atoms with Crippen LogP contribution >= 0.6 is 0 Å². The number of para-hydroxylation sites is 1. The number of benzene rings is 3. The summed E-state index contributed by atoms with van der Waals surface area (Å²) in [5.41, 5.74) is 3.99. The van der Waals surface area contributed by atoms with Gasteiger partial charge in [0.1, 0.15) is 12.2 Å². The van der Waals surface area contributed by atoms with E-state index in [-0.39, 0.29) is 18.5 Å². The van der Waals surface area contributed by atoms with Crippen LogP contribution in [0.3, 0.4) is 0 Å². The van der Waals surface area contributed by atoms with Gasteiger partial charge in [0.15, 0.2) is 0 Å². The standard InChI is InChI=1S/C23H21N3O/c1-17(18-10-4-2-5-11-18)24-22(27)16-26-21-15-9-8-14-20(21)23(25-26)19-12-6-3-7-13-19/h2-15,17H,16H2,1H3,(H,24,27)/t17-/m0/s1. The minimum Gasteiger partial charge on any atom is -0.348 e. The normalized spacial score (nSPS) is 12.0. The molecule has 0 saturated heterocycles. The van der Waals surface area contributed by atoms with Gasteiger partial charge in [0.05, 0.1) is 11.6 Å². The maximum atomic E-state index is 12.6. The lowest BCUT2D eigenvalue weighted by Crippen LogP contribution is -2.30. The molecule has 0 fully saturated rings. The summed E-state index contributed by atoms with van der Waals surface area (Å²) >= 11 is 0. The van der Waals surface area contributed by atoms with Gasteiger partial charge < -0.3 is 5.32 Å². The Morgan fingerprint density at radius 3 is 2.30 bits per heavy atom. The molecule has 4 aromatic rings. The highest BCUT2D eigenvalue weighted by atomic mass is 16.2. The molecular formula is C23H21N3O. The first-order chi connectivity index (χ1) is 13.2. The van der Waals surface area contributed by atoms with Crippen molar-refractivity contribution in [1.82, 2.24) is 15.1 Å². The Labute approximate surface area is 158 Å². The van der Waals surface area contributed by atoms with E-state index in [4.69, 9.17) is 5.10 Å². The van der Waals surface area contributed by atoms with Crippen LogP contribution in [-0.4, -0.2) is 15.7 Å². The summed E-state index contributed by atoms with van der Waals surface area (Å²) in [7, 11) is 0. The molecule has 1 N–H and O–H groups in total.